The van der Waals surface area contributed by atoms with Crippen LogP contribution in [-0.4, -0.2) is 83.7 Å². The average Bonchev–Trinajstić information content (AvgIpc) is 3.65. The molecule has 0 aliphatic carbocycles. The summed E-state index contributed by atoms with van der Waals surface area (Å²) in [5, 5.41) is 9.24. The molecule has 3 aliphatic heterocycles. The van der Waals surface area contributed by atoms with Gasteiger partial charge >= 0.3 is 0 Å². The third-order valence-electron chi connectivity index (χ3n) is 6.32. The molecule has 0 amide bonds. The lowest BCUT2D eigenvalue weighted by molar-refractivity contribution is 0.00185. The van der Waals surface area contributed by atoms with Gasteiger partial charge in [0.05, 0.1) is 41.0 Å². The summed E-state index contributed by atoms with van der Waals surface area (Å²) in [7, 11) is -7.69. The number of fused-ring (bicyclic) bond motifs is 1. The van der Waals surface area contributed by atoms with Gasteiger partial charge in [-0.3, -0.25) is 8.37 Å². The van der Waals surface area contributed by atoms with Crippen LogP contribution >= 0.6 is 15.9 Å². The summed E-state index contributed by atoms with van der Waals surface area (Å²) in [6, 6.07) is 12.9. The van der Waals surface area contributed by atoms with Crippen LogP contribution in [0.15, 0.2) is 70.5 Å². The lowest BCUT2D eigenvalue weighted by atomic mass is 10.1. The maximum Gasteiger partial charge on any atom is 0.297 e. The van der Waals surface area contributed by atoms with Crippen LogP contribution in [-0.2, 0) is 42.8 Å². The van der Waals surface area contributed by atoms with E-state index in [0.717, 1.165) is 11.1 Å². The minimum Gasteiger partial charge on any atom is -0.394 e. The lowest BCUT2D eigenvalue weighted by Gasteiger charge is -2.20. The van der Waals surface area contributed by atoms with Crippen molar-refractivity contribution in [2.75, 3.05) is 26.4 Å². The Bertz CT molecular complexity index is 1340. The first-order chi connectivity index (χ1) is 18.5. The van der Waals surface area contributed by atoms with E-state index in [1.165, 1.54) is 12.1 Å². The Morgan fingerprint density at radius 3 is 1.97 bits per heavy atom. The van der Waals surface area contributed by atoms with Crippen LogP contribution in [0, 0.1) is 13.8 Å². The number of aryl methyl sites for hydroxylation is 2. The summed E-state index contributed by atoms with van der Waals surface area (Å²) in [4.78, 5) is 0.307. The number of rotatable bonds is 8. The van der Waals surface area contributed by atoms with Gasteiger partial charge in [0, 0.05) is 0 Å². The van der Waals surface area contributed by atoms with E-state index in [-0.39, 0.29) is 33.4 Å². The fraction of sp³-hybridized carbons (Fsp3) is 0.462. The second kappa shape index (κ2) is 12.9. The van der Waals surface area contributed by atoms with Crippen molar-refractivity contribution in [2.24, 2.45) is 0 Å². The van der Waals surface area contributed by atoms with Gasteiger partial charge in [-0.15, -0.1) is 0 Å². The van der Waals surface area contributed by atoms with E-state index in [4.69, 9.17) is 22.6 Å². The molecule has 1 N–H and O–H groups in total. The predicted molar refractivity (Wildman–Crippen MR) is 145 cm³/mol. The van der Waals surface area contributed by atoms with Crippen molar-refractivity contribution in [3.63, 3.8) is 0 Å². The Hall–Kier alpha value is -1.68. The zero-order valence-electron chi connectivity index (χ0n) is 21.4. The van der Waals surface area contributed by atoms with E-state index < -0.39 is 45.2 Å². The summed E-state index contributed by atoms with van der Waals surface area (Å²) in [5.74, 6) is 0. The largest absolute Gasteiger partial charge is 0.394 e. The third-order valence-corrected chi connectivity index (χ3v) is 9.81. The predicted octanol–water partition coefficient (Wildman–Crippen LogP) is 2.65. The topological polar surface area (TPSA) is 135 Å². The molecule has 5 rings (SSSR count). The van der Waals surface area contributed by atoms with Crippen molar-refractivity contribution in [3.05, 3.63) is 71.8 Å². The van der Waals surface area contributed by atoms with Crippen LogP contribution in [0.25, 0.3) is 0 Å². The van der Waals surface area contributed by atoms with Crippen LogP contribution in [0.5, 0.6) is 0 Å². The highest BCUT2D eigenvalue weighted by molar-refractivity contribution is 9.09. The van der Waals surface area contributed by atoms with Gasteiger partial charge in [-0.25, -0.2) is 0 Å². The lowest BCUT2D eigenvalue weighted by Crippen LogP contribution is -2.33. The minimum atomic E-state index is -3.90. The first-order valence-corrected chi connectivity index (χ1v) is 16.0. The molecule has 2 fully saturated rings. The molecule has 214 valence electrons. The van der Waals surface area contributed by atoms with E-state index in [9.17, 15) is 21.9 Å². The number of aliphatic hydroxyl groups excluding tert-OH is 1. The van der Waals surface area contributed by atoms with Crippen molar-refractivity contribution in [3.8, 4) is 0 Å². The Morgan fingerprint density at radius 2 is 1.44 bits per heavy atom. The zero-order valence-corrected chi connectivity index (χ0v) is 24.6. The van der Waals surface area contributed by atoms with Gasteiger partial charge in [-0.2, -0.15) is 16.8 Å². The summed E-state index contributed by atoms with van der Waals surface area (Å²) < 4.78 is 75.2. The smallest absolute Gasteiger partial charge is 0.297 e. The monoisotopic (exact) mass is 646 g/mol. The van der Waals surface area contributed by atoms with Crippen molar-refractivity contribution in [1.82, 2.24) is 0 Å². The molecule has 0 spiro atoms. The summed E-state index contributed by atoms with van der Waals surface area (Å²) >= 11 is 3.45. The molecule has 10 nitrogen and oxygen atoms in total. The highest BCUT2D eigenvalue weighted by atomic mass is 79.9. The molecule has 2 aromatic rings. The van der Waals surface area contributed by atoms with Crippen molar-refractivity contribution >= 4 is 36.2 Å². The molecule has 0 aromatic heterocycles. The Balaban J connectivity index is 0.000000181. The molecule has 2 saturated heterocycles. The molecule has 3 heterocycles. The Labute approximate surface area is 237 Å². The van der Waals surface area contributed by atoms with Crippen LogP contribution < -0.4 is 0 Å². The van der Waals surface area contributed by atoms with Crippen LogP contribution in [0.3, 0.4) is 0 Å². The SMILES string of the molecule is Cc1ccc(S(=O)(=O)O[C@@H](CO)[C@@H]2C=CCO2)cc1.Cc1ccc(S(=O)(=O)O[C@@H]2CO[C@H]3[C@@H]2OC[C@@H]3Br)cc1. The number of aliphatic hydroxyl groups is 1. The highest BCUT2D eigenvalue weighted by Crippen LogP contribution is 2.34. The first-order valence-electron chi connectivity index (χ1n) is 12.3. The standard InChI is InChI=1S/C13H15BrO5S.C13H16O5S/c1-8-2-4-9(5-3-8)20(15,16)19-11-7-18-12-10(14)6-17-13(11)12;1-10-4-6-11(7-5-10)19(15,16)18-13(9-14)12-3-2-8-17-12/h2-5,10-13H,6-7H2,1H3;2-7,12-14H,8-9H2,1H3/t10-,11+,12+,13+;12-,13-/m00/s1. The van der Waals surface area contributed by atoms with Crippen molar-refractivity contribution in [1.29, 1.82) is 0 Å². The van der Waals surface area contributed by atoms with Crippen LogP contribution in [0.2, 0.25) is 0 Å². The Kier molecular flexibility index (Phi) is 10.00. The van der Waals surface area contributed by atoms with Gasteiger partial charge in [-0.05, 0) is 38.1 Å². The average molecular weight is 648 g/mol. The maximum atomic E-state index is 12.2. The van der Waals surface area contributed by atoms with Crippen molar-refractivity contribution < 1.29 is 44.5 Å². The fourth-order valence-corrected chi connectivity index (χ4v) is 6.93. The van der Waals surface area contributed by atoms with E-state index in [0.29, 0.717) is 13.2 Å². The Morgan fingerprint density at radius 1 is 0.872 bits per heavy atom. The van der Waals surface area contributed by atoms with E-state index in [2.05, 4.69) is 15.9 Å². The van der Waals surface area contributed by atoms with Crippen LogP contribution in [0.1, 0.15) is 11.1 Å². The zero-order chi connectivity index (χ0) is 28.2. The molecule has 39 heavy (non-hydrogen) atoms. The molecule has 2 aromatic carbocycles. The molecular formula is C26H31BrO10S2. The van der Waals surface area contributed by atoms with Gasteiger partial charge in [0.1, 0.15) is 30.5 Å². The summed E-state index contributed by atoms with van der Waals surface area (Å²) in [6.07, 6.45) is 0.915. The third kappa shape index (κ3) is 7.54. The van der Waals surface area contributed by atoms with Crippen LogP contribution in [0.4, 0.5) is 0 Å². The normalized spacial score (nSPS) is 27.1. The molecule has 0 bridgehead atoms. The second-order valence-corrected chi connectivity index (χ2v) is 13.6. The van der Waals surface area contributed by atoms with Gasteiger partial charge in [-0.1, -0.05) is 63.5 Å². The molecule has 6 atom stereocenters. The molecule has 0 unspecified atom stereocenters. The fourth-order valence-electron chi connectivity index (χ4n) is 4.18. The highest BCUT2D eigenvalue weighted by Gasteiger charge is 2.49. The molecule has 0 radical (unpaired) electrons. The van der Waals surface area contributed by atoms with E-state index >= 15 is 0 Å². The number of hydrogen-bond acceptors (Lipinski definition) is 10. The van der Waals surface area contributed by atoms with Gasteiger partial charge in [0.15, 0.2) is 0 Å². The molecular weight excluding hydrogens is 616 g/mol. The number of benzene rings is 2. The van der Waals surface area contributed by atoms with Gasteiger partial charge in [0.2, 0.25) is 0 Å². The molecule has 0 saturated carbocycles. The molecule has 13 heteroatoms. The maximum absolute atomic E-state index is 12.2. The number of alkyl halides is 1. The quantitative estimate of drug-likeness (QED) is 0.259. The van der Waals surface area contributed by atoms with E-state index in [1.807, 2.05) is 13.8 Å². The summed E-state index contributed by atoms with van der Waals surface area (Å²) in [6.45, 7) is 4.46. The van der Waals surface area contributed by atoms with Gasteiger partial charge < -0.3 is 19.3 Å². The van der Waals surface area contributed by atoms with Crippen molar-refractivity contribution in [2.45, 2.75) is 59.0 Å². The summed E-state index contributed by atoms with van der Waals surface area (Å²) in [5.41, 5.74) is 1.95. The van der Waals surface area contributed by atoms with E-state index in [1.54, 1.807) is 48.6 Å². The number of halogens is 1. The second-order valence-electron chi connectivity index (χ2n) is 9.32. The minimum absolute atomic E-state index is 0.0681. The first kappa shape index (κ1) is 30.3. The number of ether oxygens (including phenoxy) is 3. The number of hydrogen-bond donors (Lipinski definition) is 1. The van der Waals surface area contributed by atoms with Gasteiger partial charge in [0.25, 0.3) is 20.2 Å². The molecule has 3 aliphatic rings.